The summed E-state index contributed by atoms with van der Waals surface area (Å²) in [5.41, 5.74) is 2.08. The second-order valence-corrected chi connectivity index (χ2v) is 21.1. The van der Waals surface area contributed by atoms with Crippen LogP contribution in [0.25, 0.3) is 0 Å². The third-order valence-electron chi connectivity index (χ3n) is 9.61. The van der Waals surface area contributed by atoms with Crippen LogP contribution in [-0.4, -0.2) is 51.7 Å². The molecule has 236 valence electrons. The van der Waals surface area contributed by atoms with Gasteiger partial charge in [0.15, 0.2) is 23.9 Å². The molecule has 9 heteroatoms. The molecule has 1 aliphatic carbocycles. The number of Topliss-reactive ketones (excluding diaryl/α,β-unsaturated/α-hetero) is 2. The Balaban J connectivity index is 1.45. The van der Waals surface area contributed by atoms with Gasteiger partial charge in [0.2, 0.25) is 0 Å². The van der Waals surface area contributed by atoms with E-state index in [-0.39, 0.29) is 34.4 Å². The summed E-state index contributed by atoms with van der Waals surface area (Å²) in [6.07, 6.45) is 5.54. The van der Waals surface area contributed by atoms with Crippen LogP contribution in [0.5, 0.6) is 0 Å². The highest BCUT2D eigenvalue weighted by Crippen LogP contribution is 2.40. The molecule has 2 fully saturated rings. The number of carbonyl (C=O) groups is 2. The Hall–Kier alpha value is -2.20. The van der Waals surface area contributed by atoms with Crippen molar-refractivity contribution >= 4 is 29.7 Å². The molecular formula is C34H49NO6SSi. The Labute approximate surface area is 259 Å². The normalized spacial score (nSPS) is 19.0. The third kappa shape index (κ3) is 8.29. The minimum Gasteiger partial charge on any atom is -0.410 e. The van der Waals surface area contributed by atoms with Gasteiger partial charge in [-0.05, 0) is 92.4 Å². The van der Waals surface area contributed by atoms with E-state index in [4.69, 9.17) is 9.16 Å². The van der Waals surface area contributed by atoms with Crippen molar-refractivity contribution in [2.75, 3.05) is 13.2 Å². The average molecular weight is 628 g/mol. The molecule has 43 heavy (non-hydrogen) atoms. The fraction of sp³-hybridized carbons (Fsp3) is 0.618. The van der Waals surface area contributed by atoms with Gasteiger partial charge in [-0.2, -0.15) is 0 Å². The average Bonchev–Trinajstić information content (AvgIpc) is 3.82. The first-order valence-electron chi connectivity index (χ1n) is 15.7. The first-order chi connectivity index (χ1) is 20.1. The number of rotatable bonds is 13. The second kappa shape index (κ2) is 13.4. The maximum absolute atomic E-state index is 13.8. The van der Waals surface area contributed by atoms with Crippen LogP contribution in [0, 0.1) is 11.8 Å². The van der Waals surface area contributed by atoms with Crippen molar-refractivity contribution < 1.29 is 27.2 Å². The fourth-order valence-corrected chi connectivity index (χ4v) is 8.53. The highest BCUT2D eigenvalue weighted by atomic mass is 32.2. The zero-order valence-electron chi connectivity index (χ0n) is 26.9. The third-order valence-corrected chi connectivity index (χ3v) is 16.4. The number of pyridine rings is 1. The van der Waals surface area contributed by atoms with Crippen molar-refractivity contribution in [1.82, 2.24) is 4.98 Å². The van der Waals surface area contributed by atoms with E-state index in [1.54, 1.807) is 43.5 Å². The monoisotopic (exact) mass is 627 g/mol. The van der Waals surface area contributed by atoms with Crippen molar-refractivity contribution in [3.63, 3.8) is 0 Å². The lowest BCUT2D eigenvalue weighted by atomic mass is 9.80. The SMILES string of the molecule is CC(CC(=O)C(CC1CCOCC1)c1ccc(S(=O)(=O)C2CC2)cc1)C(=O)c1ccc(C(C)O[Si](C)(C)C(C)(C)C)cn1. The van der Waals surface area contributed by atoms with Crippen LogP contribution in [0.1, 0.15) is 107 Å². The van der Waals surface area contributed by atoms with Crippen molar-refractivity contribution in [2.45, 2.75) is 113 Å². The molecule has 1 aromatic heterocycles. The lowest BCUT2D eigenvalue weighted by molar-refractivity contribution is -0.121. The molecule has 4 rings (SSSR count). The van der Waals surface area contributed by atoms with Crippen molar-refractivity contribution in [3.8, 4) is 0 Å². The minimum atomic E-state index is -3.30. The molecule has 1 aliphatic heterocycles. The largest absolute Gasteiger partial charge is 0.410 e. The molecule has 0 spiro atoms. The summed E-state index contributed by atoms with van der Waals surface area (Å²) < 4.78 is 37.4. The van der Waals surface area contributed by atoms with Gasteiger partial charge in [0.05, 0.1) is 16.2 Å². The van der Waals surface area contributed by atoms with Gasteiger partial charge in [0.25, 0.3) is 0 Å². The predicted octanol–water partition coefficient (Wildman–Crippen LogP) is 7.48. The zero-order chi connectivity index (χ0) is 31.6. The first-order valence-corrected chi connectivity index (χ1v) is 20.2. The number of ketones is 2. The maximum atomic E-state index is 13.8. The van der Waals surface area contributed by atoms with E-state index in [1.807, 2.05) is 13.0 Å². The lowest BCUT2D eigenvalue weighted by Gasteiger charge is -2.38. The molecule has 3 atom stereocenters. The van der Waals surface area contributed by atoms with Crippen LogP contribution >= 0.6 is 0 Å². The zero-order valence-corrected chi connectivity index (χ0v) is 28.7. The summed E-state index contributed by atoms with van der Waals surface area (Å²) in [6, 6.07) is 10.5. The van der Waals surface area contributed by atoms with E-state index in [0.29, 0.717) is 49.0 Å². The number of nitrogens with zero attached hydrogens (tertiary/aromatic N) is 1. The Morgan fingerprint density at radius 3 is 2.12 bits per heavy atom. The van der Waals surface area contributed by atoms with Crippen molar-refractivity contribution in [1.29, 1.82) is 0 Å². The number of carbonyl (C=O) groups excluding carboxylic acids is 2. The molecule has 0 radical (unpaired) electrons. The molecular weight excluding hydrogens is 579 g/mol. The Morgan fingerprint density at radius 1 is 0.977 bits per heavy atom. The molecule has 3 unspecified atom stereocenters. The van der Waals surface area contributed by atoms with E-state index in [9.17, 15) is 18.0 Å². The van der Waals surface area contributed by atoms with Gasteiger partial charge in [-0.15, -0.1) is 0 Å². The van der Waals surface area contributed by atoms with Crippen LogP contribution in [0.4, 0.5) is 0 Å². The molecule has 1 saturated carbocycles. The van der Waals surface area contributed by atoms with E-state index in [0.717, 1.165) is 24.0 Å². The highest BCUT2D eigenvalue weighted by Gasteiger charge is 2.39. The smallest absolute Gasteiger partial charge is 0.192 e. The number of hydrogen-bond donors (Lipinski definition) is 0. The molecule has 0 bridgehead atoms. The first kappa shape index (κ1) is 33.7. The summed E-state index contributed by atoms with van der Waals surface area (Å²) in [5, 5.41) is -0.189. The Morgan fingerprint density at radius 2 is 1.58 bits per heavy atom. The second-order valence-electron chi connectivity index (χ2n) is 14.1. The van der Waals surface area contributed by atoms with Gasteiger partial charge < -0.3 is 9.16 Å². The van der Waals surface area contributed by atoms with Gasteiger partial charge in [0, 0.05) is 37.7 Å². The summed E-state index contributed by atoms with van der Waals surface area (Å²) in [4.78, 5) is 31.9. The van der Waals surface area contributed by atoms with E-state index in [2.05, 4.69) is 38.8 Å². The topological polar surface area (TPSA) is 99.6 Å². The maximum Gasteiger partial charge on any atom is 0.192 e. The van der Waals surface area contributed by atoms with Gasteiger partial charge >= 0.3 is 0 Å². The van der Waals surface area contributed by atoms with Gasteiger partial charge in [-0.25, -0.2) is 8.42 Å². The Kier molecular flexibility index (Phi) is 10.5. The molecule has 0 amide bonds. The van der Waals surface area contributed by atoms with Crippen LogP contribution in [0.2, 0.25) is 18.1 Å². The van der Waals surface area contributed by atoms with Gasteiger partial charge in [0.1, 0.15) is 11.5 Å². The van der Waals surface area contributed by atoms with Crippen LogP contribution < -0.4 is 0 Å². The minimum absolute atomic E-state index is 0.00171. The molecule has 1 saturated heterocycles. The summed E-state index contributed by atoms with van der Waals surface area (Å²) in [5.74, 6) is -0.752. The molecule has 7 nitrogen and oxygen atoms in total. The van der Waals surface area contributed by atoms with Gasteiger partial charge in [-0.1, -0.05) is 45.9 Å². The molecule has 2 aliphatic rings. The molecule has 1 aromatic carbocycles. The number of sulfone groups is 1. The van der Waals surface area contributed by atoms with E-state index >= 15 is 0 Å². The van der Waals surface area contributed by atoms with Gasteiger partial charge in [-0.3, -0.25) is 14.6 Å². The number of aromatic nitrogens is 1. The van der Waals surface area contributed by atoms with Crippen LogP contribution in [-0.2, 0) is 23.8 Å². The Bertz CT molecular complexity index is 1370. The molecule has 0 N–H and O–H groups in total. The quantitative estimate of drug-likeness (QED) is 0.168. The standard InChI is InChI=1S/C34H49NO6SSi/c1-23(33(37)31-15-10-27(22-35-31)24(2)41-43(6,7)34(3,4)5)20-32(36)30(21-25-16-18-40-19-17-25)26-8-11-28(12-9-26)42(38,39)29-13-14-29/h8-12,15,22-25,29-30H,13-14,16-21H2,1-7H3. The molecule has 2 aromatic rings. The summed E-state index contributed by atoms with van der Waals surface area (Å²) >= 11 is 0. The molecule has 2 heterocycles. The van der Waals surface area contributed by atoms with E-state index < -0.39 is 30.0 Å². The fourth-order valence-electron chi connectivity index (χ4n) is 5.50. The van der Waals surface area contributed by atoms with Crippen LogP contribution in [0.15, 0.2) is 47.5 Å². The lowest BCUT2D eigenvalue weighted by Crippen LogP contribution is -2.41. The van der Waals surface area contributed by atoms with Crippen LogP contribution in [0.3, 0.4) is 0 Å². The number of hydrogen-bond acceptors (Lipinski definition) is 7. The highest BCUT2D eigenvalue weighted by molar-refractivity contribution is 7.92. The van der Waals surface area contributed by atoms with E-state index in [1.165, 1.54) is 0 Å². The van der Waals surface area contributed by atoms with Crippen molar-refractivity contribution in [2.24, 2.45) is 11.8 Å². The summed E-state index contributed by atoms with van der Waals surface area (Å²) in [6.45, 7) is 16.2. The van der Waals surface area contributed by atoms with Crippen molar-refractivity contribution in [3.05, 3.63) is 59.4 Å². The summed E-state index contributed by atoms with van der Waals surface area (Å²) in [7, 11) is -5.26. The number of benzene rings is 1. The predicted molar refractivity (Wildman–Crippen MR) is 172 cm³/mol. The number of ether oxygens (including phenoxy) is 1.